The summed E-state index contributed by atoms with van der Waals surface area (Å²) in [5.74, 6) is -0.336. The molecule has 0 aliphatic heterocycles. The minimum Gasteiger partial charge on any atom is -0.463 e. The van der Waals surface area contributed by atoms with Crippen molar-refractivity contribution in [2.75, 3.05) is 39.6 Å². The highest BCUT2D eigenvalue weighted by Crippen LogP contribution is 2.12. The molecule has 0 heterocycles. The van der Waals surface area contributed by atoms with Crippen molar-refractivity contribution in [2.45, 2.75) is 38.0 Å². The fourth-order valence-corrected chi connectivity index (χ4v) is 2.89. The maximum absolute atomic E-state index is 12.0. The number of rotatable bonds is 15. The fraction of sp³-hybridized carbons (Fsp3) is 0.550. The van der Waals surface area contributed by atoms with Gasteiger partial charge in [-0.05, 0) is 31.9 Å². The smallest absolute Gasteiger partial charge is 0.330 e. The second-order valence-electron chi connectivity index (χ2n) is 6.03. The third kappa shape index (κ3) is 11.2. The molecule has 0 N–H and O–H groups in total. The largest absolute Gasteiger partial charge is 0.463 e. The van der Waals surface area contributed by atoms with Gasteiger partial charge in [-0.1, -0.05) is 37.1 Å². The van der Waals surface area contributed by atoms with Crippen molar-refractivity contribution >= 4 is 16.1 Å². The molecule has 0 spiro atoms. The van der Waals surface area contributed by atoms with Crippen LogP contribution in [0.5, 0.6) is 0 Å². The van der Waals surface area contributed by atoms with Crippen LogP contribution in [0.25, 0.3) is 0 Å². The van der Waals surface area contributed by atoms with Gasteiger partial charge >= 0.3 is 5.97 Å². The molecule has 0 atom stereocenters. The van der Waals surface area contributed by atoms with Crippen molar-refractivity contribution in [1.29, 1.82) is 0 Å². The average molecular weight is 415 g/mol. The van der Waals surface area contributed by atoms with Gasteiger partial charge in [0.05, 0.1) is 44.5 Å². The van der Waals surface area contributed by atoms with Crippen LogP contribution in [0, 0.1) is 6.92 Å². The van der Waals surface area contributed by atoms with Gasteiger partial charge < -0.3 is 14.2 Å². The van der Waals surface area contributed by atoms with E-state index in [4.69, 9.17) is 18.4 Å². The maximum atomic E-state index is 12.0. The van der Waals surface area contributed by atoms with E-state index in [1.165, 1.54) is 18.2 Å². The second kappa shape index (κ2) is 14.3. The van der Waals surface area contributed by atoms with Gasteiger partial charge in [-0.2, -0.15) is 8.42 Å². The summed E-state index contributed by atoms with van der Waals surface area (Å²) in [6, 6.07) is 6.46. The Morgan fingerprint density at radius 2 is 1.61 bits per heavy atom. The number of ether oxygens (including phenoxy) is 3. The summed E-state index contributed by atoms with van der Waals surface area (Å²) in [5, 5.41) is 0. The lowest BCUT2D eigenvalue weighted by molar-refractivity contribution is -0.137. The van der Waals surface area contributed by atoms with E-state index >= 15 is 0 Å². The third-order valence-electron chi connectivity index (χ3n) is 3.57. The van der Waals surface area contributed by atoms with Crippen LogP contribution in [0.2, 0.25) is 0 Å². The van der Waals surface area contributed by atoms with Gasteiger partial charge in [0.1, 0.15) is 0 Å². The molecule has 1 aromatic carbocycles. The Bertz CT molecular complexity index is 681. The number of unbranched alkanes of at least 4 members (excludes halogenated alkanes) is 1. The molecule has 0 saturated heterocycles. The van der Waals surface area contributed by atoms with Crippen molar-refractivity contribution in [3.63, 3.8) is 0 Å². The first kappa shape index (κ1) is 24.3. The van der Waals surface area contributed by atoms with Gasteiger partial charge in [-0.15, -0.1) is 0 Å². The Labute approximate surface area is 167 Å². The zero-order valence-electron chi connectivity index (χ0n) is 16.6. The molecule has 158 valence electrons. The molecule has 0 aliphatic carbocycles. The Morgan fingerprint density at radius 1 is 0.964 bits per heavy atom. The topological polar surface area (TPSA) is 88.1 Å². The Hall–Kier alpha value is -1.74. The van der Waals surface area contributed by atoms with Crippen molar-refractivity contribution in [3.8, 4) is 0 Å². The molecule has 7 nitrogen and oxygen atoms in total. The molecule has 0 aliphatic rings. The van der Waals surface area contributed by atoms with E-state index in [-0.39, 0.29) is 24.1 Å². The maximum Gasteiger partial charge on any atom is 0.330 e. The number of carbonyl (C=O) groups is 1. The second-order valence-corrected chi connectivity index (χ2v) is 7.64. The van der Waals surface area contributed by atoms with Crippen molar-refractivity contribution in [1.82, 2.24) is 0 Å². The van der Waals surface area contributed by atoms with Crippen LogP contribution in [0.4, 0.5) is 0 Å². The summed E-state index contributed by atoms with van der Waals surface area (Å²) in [5.41, 5.74) is 0.977. The number of carbonyl (C=O) groups excluding carboxylic acids is 1. The van der Waals surface area contributed by atoms with Crippen molar-refractivity contribution in [3.05, 3.63) is 42.0 Å². The number of aryl methyl sites for hydroxylation is 1. The molecular weight excluding hydrogens is 384 g/mol. The lowest BCUT2D eigenvalue weighted by Crippen LogP contribution is -2.13. The number of benzene rings is 1. The summed E-state index contributed by atoms with van der Waals surface area (Å²) < 4.78 is 44.5. The van der Waals surface area contributed by atoms with Crippen LogP contribution < -0.4 is 0 Å². The van der Waals surface area contributed by atoms with E-state index < -0.39 is 10.1 Å². The van der Waals surface area contributed by atoms with Crippen molar-refractivity contribution in [2.24, 2.45) is 0 Å². The minimum atomic E-state index is -3.76. The van der Waals surface area contributed by atoms with E-state index in [9.17, 15) is 13.2 Å². The molecular formula is C20H30O7S. The molecule has 0 unspecified atom stereocenters. The van der Waals surface area contributed by atoms with E-state index in [1.54, 1.807) is 18.2 Å². The van der Waals surface area contributed by atoms with Crippen LogP contribution in [0.3, 0.4) is 0 Å². The fourth-order valence-electron chi connectivity index (χ4n) is 1.99. The third-order valence-corrected chi connectivity index (χ3v) is 4.90. The number of hydrogen-bond acceptors (Lipinski definition) is 7. The summed E-state index contributed by atoms with van der Waals surface area (Å²) in [6.45, 7) is 5.62. The van der Waals surface area contributed by atoms with Crippen LogP contribution in [0.15, 0.2) is 41.3 Å². The molecule has 0 fully saturated rings. The summed E-state index contributed by atoms with van der Waals surface area (Å²) in [7, 11) is -3.76. The molecule has 0 bridgehead atoms. The van der Waals surface area contributed by atoms with Crippen LogP contribution in [-0.4, -0.2) is 54.0 Å². The van der Waals surface area contributed by atoms with Crippen molar-refractivity contribution < 1.29 is 31.6 Å². The Morgan fingerprint density at radius 3 is 2.29 bits per heavy atom. The van der Waals surface area contributed by atoms with E-state index in [0.717, 1.165) is 18.4 Å². The zero-order valence-corrected chi connectivity index (χ0v) is 17.4. The summed E-state index contributed by atoms with van der Waals surface area (Å²) >= 11 is 0. The highest BCUT2D eigenvalue weighted by molar-refractivity contribution is 7.86. The lowest BCUT2D eigenvalue weighted by atomic mass is 10.2. The van der Waals surface area contributed by atoms with E-state index in [0.29, 0.717) is 32.8 Å². The average Bonchev–Trinajstić information content (AvgIpc) is 2.66. The minimum absolute atomic E-state index is 0.0565. The molecule has 28 heavy (non-hydrogen) atoms. The molecule has 1 aromatic rings. The standard InChI is InChI=1S/C20H30O7S/c1-3-4-13-26-20(21)7-5-6-12-24-14-15-25-16-17-27-28(22,23)19-10-8-18(2)9-11-19/h5,7-11H,3-4,6,12-17H2,1-2H3/b7-5+. The quantitative estimate of drug-likeness (QED) is 0.189. The normalized spacial score (nSPS) is 11.8. The molecule has 0 amide bonds. The van der Waals surface area contributed by atoms with Crippen LogP contribution in [-0.2, 0) is 33.3 Å². The first-order valence-electron chi connectivity index (χ1n) is 9.40. The summed E-state index contributed by atoms with van der Waals surface area (Å²) in [6.07, 6.45) is 5.56. The van der Waals surface area contributed by atoms with Gasteiger partial charge in [0.2, 0.25) is 0 Å². The van der Waals surface area contributed by atoms with Crippen LogP contribution >= 0.6 is 0 Å². The first-order chi connectivity index (χ1) is 13.5. The molecule has 1 rings (SSSR count). The predicted octanol–water partition coefficient (Wildman–Crippen LogP) is 3.02. The monoisotopic (exact) mass is 414 g/mol. The number of hydrogen-bond donors (Lipinski definition) is 0. The molecule has 0 saturated carbocycles. The number of esters is 1. The summed E-state index contributed by atoms with van der Waals surface area (Å²) in [4.78, 5) is 11.4. The lowest BCUT2D eigenvalue weighted by Gasteiger charge is -2.07. The highest BCUT2D eigenvalue weighted by Gasteiger charge is 2.14. The van der Waals surface area contributed by atoms with Gasteiger partial charge in [0.15, 0.2) is 0 Å². The predicted molar refractivity (Wildman–Crippen MR) is 106 cm³/mol. The van der Waals surface area contributed by atoms with Gasteiger partial charge in [0.25, 0.3) is 10.1 Å². The zero-order chi connectivity index (χ0) is 20.7. The Balaban J connectivity index is 2.00. The van der Waals surface area contributed by atoms with Gasteiger partial charge in [-0.3, -0.25) is 4.18 Å². The van der Waals surface area contributed by atoms with Gasteiger partial charge in [-0.25, -0.2) is 4.79 Å². The molecule has 0 aromatic heterocycles. The first-order valence-corrected chi connectivity index (χ1v) is 10.8. The van der Waals surface area contributed by atoms with E-state index in [1.807, 2.05) is 13.8 Å². The highest BCUT2D eigenvalue weighted by atomic mass is 32.2. The molecule has 0 radical (unpaired) electrons. The van der Waals surface area contributed by atoms with Gasteiger partial charge in [0, 0.05) is 6.08 Å². The van der Waals surface area contributed by atoms with E-state index in [2.05, 4.69) is 0 Å². The molecule has 8 heteroatoms. The Kier molecular flexibility index (Phi) is 12.4. The van der Waals surface area contributed by atoms with Crippen LogP contribution in [0.1, 0.15) is 31.7 Å². The SMILES string of the molecule is CCCCOC(=O)/C=C/CCOCCOCCOS(=O)(=O)c1ccc(C)cc1.